The van der Waals surface area contributed by atoms with Crippen molar-refractivity contribution in [2.24, 2.45) is 5.41 Å². The van der Waals surface area contributed by atoms with Gasteiger partial charge in [0.2, 0.25) is 0 Å². The second-order valence-electron chi connectivity index (χ2n) is 5.38. The van der Waals surface area contributed by atoms with E-state index in [2.05, 4.69) is 20.4 Å². The van der Waals surface area contributed by atoms with E-state index in [4.69, 9.17) is 9.47 Å². The number of methoxy groups -OCH3 is 1. The highest BCUT2D eigenvalue weighted by Crippen LogP contribution is 2.35. The van der Waals surface area contributed by atoms with Gasteiger partial charge >= 0.3 is 11.9 Å². The molecule has 0 N–H and O–H groups in total. The summed E-state index contributed by atoms with van der Waals surface area (Å²) in [6.45, 7) is 7.84. The zero-order valence-corrected chi connectivity index (χ0v) is 13.8. The Balaban J connectivity index is 5.11. The maximum absolute atomic E-state index is 12.4. The van der Waals surface area contributed by atoms with Crippen LogP contribution in [-0.2, 0) is 19.1 Å². The van der Waals surface area contributed by atoms with Gasteiger partial charge in [0.1, 0.15) is 6.61 Å². The Bertz CT molecular complexity index is 313. The molecule has 21 heavy (non-hydrogen) atoms. The maximum Gasteiger partial charge on any atom is 0.323 e. The van der Waals surface area contributed by atoms with Gasteiger partial charge in [-0.05, 0) is 12.8 Å². The smallest absolute Gasteiger partial charge is 0.323 e. The highest BCUT2D eigenvalue weighted by atomic mass is 16.6. The molecule has 0 aliphatic heterocycles. The summed E-state index contributed by atoms with van der Waals surface area (Å²) in [5, 5.41) is 0. The number of rotatable bonds is 12. The zero-order chi connectivity index (χ0) is 16.1. The molecule has 0 atom stereocenters. The molecule has 0 amide bonds. The second-order valence-corrected chi connectivity index (χ2v) is 5.38. The van der Waals surface area contributed by atoms with Gasteiger partial charge in [-0.1, -0.05) is 65.0 Å². The summed E-state index contributed by atoms with van der Waals surface area (Å²) in [6.07, 6.45) is 8.19. The standard InChI is InChI=1S/C17H30O4/c1-5-8-10-12-17(15(18)20-4,13-11-9-6-2)16(19)21-14-7-3/h7H,3,5-6,8-14H2,1-2,4H3. The minimum absolute atomic E-state index is 0.124. The number of hydrogen-bond donors (Lipinski definition) is 0. The summed E-state index contributed by atoms with van der Waals surface area (Å²) in [4.78, 5) is 24.7. The zero-order valence-electron chi connectivity index (χ0n) is 13.8. The van der Waals surface area contributed by atoms with Gasteiger partial charge in [0.15, 0.2) is 5.41 Å². The molecule has 4 nitrogen and oxygen atoms in total. The third-order valence-corrected chi connectivity index (χ3v) is 3.71. The fourth-order valence-electron chi connectivity index (χ4n) is 2.44. The summed E-state index contributed by atoms with van der Waals surface area (Å²) < 4.78 is 10.1. The van der Waals surface area contributed by atoms with Crippen molar-refractivity contribution < 1.29 is 19.1 Å². The van der Waals surface area contributed by atoms with Crippen molar-refractivity contribution in [3.8, 4) is 0 Å². The molecule has 0 fully saturated rings. The van der Waals surface area contributed by atoms with E-state index in [1.54, 1.807) is 0 Å². The van der Waals surface area contributed by atoms with Crippen LogP contribution >= 0.6 is 0 Å². The van der Waals surface area contributed by atoms with E-state index in [1.807, 2.05) is 0 Å². The molecule has 0 aromatic rings. The molecule has 0 aromatic carbocycles. The molecular weight excluding hydrogens is 268 g/mol. The van der Waals surface area contributed by atoms with Crippen LogP contribution in [0.15, 0.2) is 12.7 Å². The van der Waals surface area contributed by atoms with Crippen molar-refractivity contribution in [3.05, 3.63) is 12.7 Å². The molecule has 0 saturated carbocycles. The molecule has 0 spiro atoms. The van der Waals surface area contributed by atoms with Crippen LogP contribution in [0.1, 0.15) is 65.2 Å². The van der Waals surface area contributed by atoms with Crippen LogP contribution in [0.25, 0.3) is 0 Å². The van der Waals surface area contributed by atoms with Gasteiger partial charge in [-0.3, -0.25) is 9.59 Å². The lowest BCUT2D eigenvalue weighted by atomic mass is 9.78. The Labute approximate surface area is 128 Å². The topological polar surface area (TPSA) is 52.6 Å². The normalized spacial score (nSPS) is 11.0. The predicted octanol–water partition coefficient (Wildman–Crippen LogP) is 4.04. The number of hydrogen-bond acceptors (Lipinski definition) is 4. The lowest BCUT2D eigenvalue weighted by molar-refractivity contribution is -0.171. The first-order valence-corrected chi connectivity index (χ1v) is 7.95. The minimum Gasteiger partial charge on any atom is -0.468 e. The van der Waals surface area contributed by atoms with Gasteiger partial charge < -0.3 is 9.47 Å². The number of carbonyl (C=O) groups excluding carboxylic acids is 2. The first-order chi connectivity index (χ1) is 10.1. The molecule has 0 rings (SSSR count). The predicted molar refractivity (Wildman–Crippen MR) is 83.9 cm³/mol. The summed E-state index contributed by atoms with van der Waals surface area (Å²) >= 11 is 0. The van der Waals surface area contributed by atoms with E-state index in [9.17, 15) is 9.59 Å². The van der Waals surface area contributed by atoms with E-state index in [-0.39, 0.29) is 6.61 Å². The summed E-state index contributed by atoms with van der Waals surface area (Å²) in [7, 11) is 1.33. The lowest BCUT2D eigenvalue weighted by Gasteiger charge is -2.28. The van der Waals surface area contributed by atoms with E-state index in [0.717, 1.165) is 38.5 Å². The van der Waals surface area contributed by atoms with Crippen molar-refractivity contribution in [2.45, 2.75) is 65.2 Å². The van der Waals surface area contributed by atoms with Gasteiger partial charge in [-0.2, -0.15) is 0 Å². The Morgan fingerprint density at radius 3 is 1.90 bits per heavy atom. The lowest BCUT2D eigenvalue weighted by Crippen LogP contribution is -2.42. The van der Waals surface area contributed by atoms with Crippen LogP contribution < -0.4 is 0 Å². The highest BCUT2D eigenvalue weighted by Gasteiger charge is 2.47. The summed E-state index contributed by atoms with van der Waals surface area (Å²) in [5.74, 6) is -0.940. The van der Waals surface area contributed by atoms with Gasteiger partial charge in [0.25, 0.3) is 0 Å². The average molecular weight is 298 g/mol. The van der Waals surface area contributed by atoms with Crippen LogP contribution in [0.3, 0.4) is 0 Å². The van der Waals surface area contributed by atoms with Gasteiger partial charge in [-0.25, -0.2) is 0 Å². The Morgan fingerprint density at radius 1 is 1.00 bits per heavy atom. The molecule has 4 heteroatoms. The number of unbranched alkanes of at least 4 members (excludes halogenated alkanes) is 4. The van der Waals surface area contributed by atoms with E-state index in [1.165, 1.54) is 13.2 Å². The Kier molecular flexibility index (Phi) is 10.6. The fraction of sp³-hybridized carbons (Fsp3) is 0.765. The van der Waals surface area contributed by atoms with Crippen LogP contribution in [0.5, 0.6) is 0 Å². The molecule has 0 saturated heterocycles. The van der Waals surface area contributed by atoms with E-state index in [0.29, 0.717) is 12.8 Å². The van der Waals surface area contributed by atoms with E-state index >= 15 is 0 Å². The Hall–Kier alpha value is -1.32. The third kappa shape index (κ3) is 6.32. The largest absolute Gasteiger partial charge is 0.468 e. The molecular formula is C17H30O4. The van der Waals surface area contributed by atoms with Gasteiger partial charge in [0.05, 0.1) is 7.11 Å². The highest BCUT2D eigenvalue weighted by molar-refractivity contribution is 6.00. The number of ether oxygens (including phenoxy) is 2. The monoisotopic (exact) mass is 298 g/mol. The molecule has 0 aliphatic rings. The average Bonchev–Trinajstić information content (AvgIpc) is 2.50. The number of esters is 2. The molecule has 0 radical (unpaired) electrons. The fourth-order valence-corrected chi connectivity index (χ4v) is 2.44. The molecule has 0 aliphatic carbocycles. The second kappa shape index (κ2) is 11.4. The first-order valence-electron chi connectivity index (χ1n) is 7.95. The third-order valence-electron chi connectivity index (χ3n) is 3.71. The van der Waals surface area contributed by atoms with Crippen LogP contribution in [0.4, 0.5) is 0 Å². The molecule has 0 unspecified atom stereocenters. The van der Waals surface area contributed by atoms with Gasteiger partial charge in [-0.15, -0.1) is 0 Å². The molecule has 0 aromatic heterocycles. The SMILES string of the molecule is C=CCOC(=O)C(CCCCC)(CCCCC)C(=O)OC. The maximum atomic E-state index is 12.4. The van der Waals surface area contributed by atoms with Crippen LogP contribution in [0.2, 0.25) is 0 Å². The van der Waals surface area contributed by atoms with Crippen molar-refractivity contribution in [2.75, 3.05) is 13.7 Å². The molecule has 0 bridgehead atoms. The molecule has 0 heterocycles. The van der Waals surface area contributed by atoms with E-state index < -0.39 is 17.4 Å². The number of carbonyl (C=O) groups is 2. The van der Waals surface area contributed by atoms with Crippen LogP contribution in [0, 0.1) is 5.41 Å². The van der Waals surface area contributed by atoms with Gasteiger partial charge in [0, 0.05) is 0 Å². The van der Waals surface area contributed by atoms with Crippen molar-refractivity contribution in [1.82, 2.24) is 0 Å². The molecule has 122 valence electrons. The quantitative estimate of drug-likeness (QED) is 0.236. The van der Waals surface area contributed by atoms with Crippen LogP contribution in [-0.4, -0.2) is 25.7 Å². The van der Waals surface area contributed by atoms with Crippen molar-refractivity contribution in [1.29, 1.82) is 0 Å². The first kappa shape index (κ1) is 19.7. The summed E-state index contributed by atoms with van der Waals surface area (Å²) in [6, 6.07) is 0. The van der Waals surface area contributed by atoms with Crippen molar-refractivity contribution in [3.63, 3.8) is 0 Å². The Morgan fingerprint density at radius 2 is 1.52 bits per heavy atom. The minimum atomic E-state index is -1.15. The van der Waals surface area contributed by atoms with Crippen molar-refractivity contribution >= 4 is 11.9 Å². The summed E-state index contributed by atoms with van der Waals surface area (Å²) in [5.41, 5.74) is -1.15.